The molecular weight excluding hydrogens is 278 g/mol. The summed E-state index contributed by atoms with van der Waals surface area (Å²) in [6.07, 6.45) is 6.76. The van der Waals surface area contributed by atoms with Gasteiger partial charge in [0.15, 0.2) is 0 Å². The van der Waals surface area contributed by atoms with Crippen LogP contribution in [0.4, 0.5) is 0 Å². The lowest BCUT2D eigenvalue weighted by molar-refractivity contribution is 0.0887. The van der Waals surface area contributed by atoms with Gasteiger partial charge in [0, 0.05) is 25.0 Å². The lowest BCUT2D eigenvalue weighted by Gasteiger charge is -2.43. The van der Waals surface area contributed by atoms with Crippen molar-refractivity contribution in [3.05, 3.63) is 16.6 Å². The summed E-state index contributed by atoms with van der Waals surface area (Å²) in [6.45, 7) is 9.16. The molecule has 3 nitrogen and oxygen atoms in total. The van der Waals surface area contributed by atoms with Crippen LogP contribution in [0.5, 0.6) is 0 Å². The minimum absolute atomic E-state index is 0.456. The van der Waals surface area contributed by atoms with E-state index in [1.165, 1.54) is 50.9 Å². The summed E-state index contributed by atoms with van der Waals surface area (Å²) >= 11 is 1.69. The van der Waals surface area contributed by atoms with Gasteiger partial charge in [0.05, 0.1) is 11.2 Å². The Kier molecular flexibility index (Phi) is 6.65. The molecule has 0 amide bonds. The Hall–Kier alpha value is -0.450. The third-order valence-corrected chi connectivity index (χ3v) is 5.27. The van der Waals surface area contributed by atoms with Crippen LogP contribution < -0.4 is 5.32 Å². The van der Waals surface area contributed by atoms with Gasteiger partial charge in [0.25, 0.3) is 0 Å². The second-order valence-corrected chi connectivity index (χ2v) is 7.75. The van der Waals surface area contributed by atoms with Crippen LogP contribution in [0.1, 0.15) is 51.6 Å². The summed E-state index contributed by atoms with van der Waals surface area (Å²) in [5, 5.41) is 5.86. The molecule has 1 N–H and O–H groups in total. The fourth-order valence-electron chi connectivity index (χ4n) is 3.88. The van der Waals surface area contributed by atoms with Crippen molar-refractivity contribution in [2.24, 2.45) is 11.3 Å². The van der Waals surface area contributed by atoms with Gasteiger partial charge in [-0.05, 0) is 44.2 Å². The van der Waals surface area contributed by atoms with Gasteiger partial charge >= 0.3 is 0 Å². The third-order valence-electron chi connectivity index (χ3n) is 4.63. The van der Waals surface area contributed by atoms with Gasteiger partial charge in [0.1, 0.15) is 0 Å². The highest BCUT2D eigenvalue weighted by Gasteiger charge is 2.35. The van der Waals surface area contributed by atoms with Gasteiger partial charge in [-0.15, -0.1) is 11.3 Å². The summed E-state index contributed by atoms with van der Waals surface area (Å²) in [4.78, 5) is 6.90. The Morgan fingerprint density at radius 2 is 2.38 bits per heavy atom. The predicted octanol–water partition coefficient (Wildman–Crippen LogP) is 3.77. The Labute approximate surface area is 134 Å². The average molecular weight is 310 g/mol. The van der Waals surface area contributed by atoms with E-state index >= 15 is 0 Å². The molecule has 120 valence electrons. The fourth-order valence-corrected chi connectivity index (χ4v) is 4.43. The van der Waals surface area contributed by atoms with E-state index < -0.39 is 0 Å². The molecule has 4 heteroatoms. The topological polar surface area (TPSA) is 28.2 Å². The summed E-state index contributed by atoms with van der Waals surface area (Å²) < 4.78 is 0. The fraction of sp³-hybridized carbons (Fsp3) is 0.824. The number of thiazole rings is 1. The van der Waals surface area contributed by atoms with Crippen molar-refractivity contribution in [3.63, 3.8) is 0 Å². The zero-order chi connectivity index (χ0) is 15.1. The van der Waals surface area contributed by atoms with E-state index in [0.29, 0.717) is 5.41 Å². The highest BCUT2D eigenvalue weighted by atomic mass is 32.1. The van der Waals surface area contributed by atoms with Crippen molar-refractivity contribution in [1.29, 1.82) is 0 Å². The first-order valence-corrected chi connectivity index (χ1v) is 9.34. The monoisotopic (exact) mass is 309 g/mol. The molecule has 1 aliphatic rings. The van der Waals surface area contributed by atoms with Gasteiger partial charge in [-0.25, -0.2) is 4.98 Å². The van der Waals surface area contributed by atoms with Crippen molar-refractivity contribution in [3.8, 4) is 0 Å². The third kappa shape index (κ3) is 5.35. The van der Waals surface area contributed by atoms with E-state index in [1.54, 1.807) is 11.3 Å². The van der Waals surface area contributed by atoms with Gasteiger partial charge in [-0.1, -0.05) is 26.7 Å². The van der Waals surface area contributed by atoms with Gasteiger partial charge in [-0.3, -0.25) is 4.90 Å². The molecule has 2 unspecified atom stereocenters. The summed E-state index contributed by atoms with van der Waals surface area (Å²) in [7, 11) is 2.25. The second-order valence-electron chi connectivity index (χ2n) is 7.03. The van der Waals surface area contributed by atoms with Crippen LogP contribution in [0.15, 0.2) is 10.9 Å². The summed E-state index contributed by atoms with van der Waals surface area (Å²) in [5.74, 6) is 0.870. The first-order valence-electron chi connectivity index (χ1n) is 8.40. The van der Waals surface area contributed by atoms with Crippen molar-refractivity contribution in [2.45, 2.75) is 52.5 Å². The number of hydrogen-bond acceptors (Lipinski definition) is 4. The minimum Gasteiger partial charge on any atom is -0.316 e. The standard InChI is InChI=1S/C17H31N3S/c1-4-8-18-12-17(7-5-6-15(2)9-17)13-20(3)10-16-11-21-14-19-16/h11,14-15,18H,4-10,12-13H2,1-3H3. The van der Waals surface area contributed by atoms with E-state index in [-0.39, 0.29) is 0 Å². The Bertz CT molecular complexity index is 393. The molecule has 0 bridgehead atoms. The molecule has 1 aromatic heterocycles. The van der Waals surface area contributed by atoms with Crippen LogP contribution >= 0.6 is 11.3 Å². The highest BCUT2D eigenvalue weighted by molar-refractivity contribution is 7.07. The Morgan fingerprint density at radius 3 is 3.05 bits per heavy atom. The van der Waals surface area contributed by atoms with Crippen LogP contribution in [0.3, 0.4) is 0 Å². The van der Waals surface area contributed by atoms with Crippen molar-refractivity contribution in [2.75, 3.05) is 26.7 Å². The Morgan fingerprint density at radius 1 is 1.52 bits per heavy atom. The van der Waals surface area contributed by atoms with E-state index in [4.69, 9.17) is 0 Å². The number of nitrogens with one attached hydrogen (secondary N) is 1. The van der Waals surface area contributed by atoms with Crippen LogP contribution in [0.25, 0.3) is 0 Å². The minimum atomic E-state index is 0.456. The number of rotatable bonds is 8. The van der Waals surface area contributed by atoms with Crippen molar-refractivity contribution < 1.29 is 0 Å². The maximum atomic E-state index is 4.42. The molecule has 0 aliphatic heterocycles. The lowest BCUT2D eigenvalue weighted by Crippen LogP contribution is -2.45. The molecule has 0 aromatic carbocycles. The molecule has 2 rings (SSSR count). The quantitative estimate of drug-likeness (QED) is 0.741. The molecule has 2 atom stereocenters. The van der Waals surface area contributed by atoms with Gasteiger partial charge in [-0.2, -0.15) is 0 Å². The van der Waals surface area contributed by atoms with Crippen LogP contribution in [0, 0.1) is 11.3 Å². The van der Waals surface area contributed by atoms with Crippen LogP contribution in [-0.4, -0.2) is 36.6 Å². The van der Waals surface area contributed by atoms with Gasteiger partial charge < -0.3 is 5.32 Å². The predicted molar refractivity (Wildman–Crippen MR) is 91.7 cm³/mol. The number of aromatic nitrogens is 1. The first-order chi connectivity index (χ1) is 10.1. The number of hydrogen-bond donors (Lipinski definition) is 1. The molecule has 1 aliphatic carbocycles. The Balaban J connectivity index is 1.93. The smallest absolute Gasteiger partial charge is 0.0795 e. The first kappa shape index (κ1) is 16.9. The summed E-state index contributed by atoms with van der Waals surface area (Å²) in [6, 6.07) is 0. The zero-order valence-corrected chi connectivity index (χ0v) is 14.7. The lowest BCUT2D eigenvalue weighted by atomic mass is 9.69. The van der Waals surface area contributed by atoms with Crippen molar-refractivity contribution in [1.82, 2.24) is 15.2 Å². The summed E-state index contributed by atoms with van der Waals surface area (Å²) in [5.41, 5.74) is 3.60. The van der Waals surface area contributed by atoms with Crippen LogP contribution in [0.2, 0.25) is 0 Å². The highest BCUT2D eigenvalue weighted by Crippen LogP contribution is 2.39. The molecular formula is C17H31N3S. The van der Waals surface area contributed by atoms with E-state index in [9.17, 15) is 0 Å². The van der Waals surface area contributed by atoms with Crippen LogP contribution in [-0.2, 0) is 6.54 Å². The zero-order valence-electron chi connectivity index (χ0n) is 13.9. The molecule has 1 heterocycles. The maximum absolute atomic E-state index is 4.42. The normalized spacial score (nSPS) is 26.4. The maximum Gasteiger partial charge on any atom is 0.0795 e. The van der Waals surface area contributed by atoms with E-state index in [0.717, 1.165) is 19.0 Å². The van der Waals surface area contributed by atoms with Gasteiger partial charge in [0.2, 0.25) is 0 Å². The van der Waals surface area contributed by atoms with Crippen molar-refractivity contribution >= 4 is 11.3 Å². The largest absolute Gasteiger partial charge is 0.316 e. The second kappa shape index (κ2) is 8.25. The molecule has 1 saturated carbocycles. The van der Waals surface area contributed by atoms with E-state index in [1.807, 2.05) is 5.51 Å². The number of nitrogens with zero attached hydrogens (tertiary/aromatic N) is 2. The molecule has 1 fully saturated rings. The molecule has 0 radical (unpaired) electrons. The molecule has 0 saturated heterocycles. The average Bonchev–Trinajstić information content (AvgIpc) is 2.91. The van der Waals surface area contributed by atoms with E-state index in [2.05, 4.69) is 41.5 Å². The molecule has 21 heavy (non-hydrogen) atoms. The molecule has 1 aromatic rings. The molecule has 0 spiro atoms. The SMILES string of the molecule is CCCNCC1(CN(C)Cc2cscn2)CCCC(C)C1.